The molecule has 0 saturated carbocycles. The summed E-state index contributed by atoms with van der Waals surface area (Å²) in [6.07, 6.45) is -0.795. The van der Waals surface area contributed by atoms with E-state index in [1.807, 2.05) is 55.5 Å². The van der Waals surface area contributed by atoms with E-state index in [2.05, 4.69) is 0 Å². The third kappa shape index (κ3) is 2.17. The number of hydrogen-bond donors (Lipinski definition) is 1. The summed E-state index contributed by atoms with van der Waals surface area (Å²) < 4.78 is 11.0. The Labute approximate surface area is 117 Å². The summed E-state index contributed by atoms with van der Waals surface area (Å²) >= 11 is 0. The molecule has 3 rings (SSSR count). The number of hydrogen-bond acceptors (Lipinski definition) is 3. The minimum Gasteiger partial charge on any atom is -0.496 e. The first kappa shape index (κ1) is 12.8. The lowest BCUT2D eigenvalue weighted by Gasteiger charge is -2.11. The number of para-hydroxylation sites is 1. The first-order chi connectivity index (χ1) is 9.69. The smallest absolute Gasteiger partial charge is 0.138 e. The van der Waals surface area contributed by atoms with Crippen LogP contribution in [0.15, 0.2) is 52.9 Å². The molecule has 0 fully saturated rings. The molecule has 3 aromatic rings. The molecule has 0 saturated heterocycles. The number of furan rings is 1. The Bertz CT molecular complexity index is 710. The molecule has 0 radical (unpaired) electrons. The molecule has 1 heterocycles. The lowest BCUT2D eigenvalue weighted by Crippen LogP contribution is -1.99. The Kier molecular flexibility index (Phi) is 3.20. The highest BCUT2D eigenvalue weighted by atomic mass is 16.5. The molecule has 1 N–H and O–H groups in total. The highest BCUT2D eigenvalue weighted by Gasteiger charge is 2.16. The Hall–Kier alpha value is -2.26. The predicted molar refractivity (Wildman–Crippen MR) is 78.0 cm³/mol. The second kappa shape index (κ2) is 5.02. The van der Waals surface area contributed by atoms with Crippen LogP contribution < -0.4 is 4.74 Å². The number of aryl methyl sites for hydroxylation is 1. The molecular weight excluding hydrogens is 252 g/mol. The maximum atomic E-state index is 10.5. The van der Waals surface area contributed by atoms with E-state index >= 15 is 0 Å². The predicted octanol–water partition coefficient (Wildman–Crippen LogP) is 3.83. The van der Waals surface area contributed by atoms with Crippen molar-refractivity contribution in [2.75, 3.05) is 7.11 Å². The number of fused-ring (bicyclic) bond motifs is 1. The molecule has 3 nitrogen and oxygen atoms in total. The maximum Gasteiger partial charge on any atom is 0.138 e. The average molecular weight is 268 g/mol. The number of aliphatic hydroxyl groups excluding tert-OH is 1. The molecule has 1 aromatic heterocycles. The summed E-state index contributed by atoms with van der Waals surface area (Å²) in [6, 6.07) is 15.2. The lowest BCUT2D eigenvalue weighted by atomic mass is 10.0. The van der Waals surface area contributed by atoms with Gasteiger partial charge in [-0.15, -0.1) is 0 Å². The summed E-state index contributed by atoms with van der Waals surface area (Å²) in [4.78, 5) is 0. The van der Waals surface area contributed by atoms with Crippen molar-refractivity contribution in [1.82, 2.24) is 0 Å². The highest BCUT2D eigenvalue weighted by Crippen LogP contribution is 2.30. The normalized spacial score (nSPS) is 12.6. The van der Waals surface area contributed by atoms with Gasteiger partial charge < -0.3 is 14.3 Å². The van der Waals surface area contributed by atoms with E-state index in [-0.39, 0.29) is 0 Å². The summed E-state index contributed by atoms with van der Waals surface area (Å²) in [7, 11) is 1.62. The minimum absolute atomic E-state index is 0.539. The van der Waals surface area contributed by atoms with E-state index in [1.54, 1.807) is 7.11 Å². The maximum absolute atomic E-state index is 10.5. The van der Waals surface area contributed by atoms with Crippen molar-refractivity contribution in [3.8, 4) is 5.75 Å². The van der Waals surface area contributed by atoms with E-state index in [0.717, 1.165) is 27.8 Å². The number of rotatable bonds is 3. The van der Waals surface area contributed by atoms with E-state index < -0.39 is 6.10 Å². The second-order valence-electron chi connectivity index (χ2n) is 4.82. The molecular formula is C17H16O3. The Morgan fingerprint density at radius 1 is 1.10 bits per heavy atom. The van der Waals surface area contributed by atoms with Gasteiger partial charge in [0.1, 0.15) is 23.2 Å². The quantitative estimate of drug-likeness (QED) is 0.785. The van der Waals surface area contributed by atoms with Gasteiger partial charge in [0.05, 0.1) is 7.11 Å². The van der Waals surface area contributed by atoms with Crippen molar-refractivity contribution >= 4 is 11.0 Å². The topological polar surface area (TPSA) is 42.6 Å². The lowest BCUT2D eigenvalue weighted by molar-refractivity contribution is 0.192. The van der Waals surface area contributed by atoms with E-state index in [9.17, 15) is 5.11 Å². The first-order valence-electron chi connectivity index (χ1n) is 6.50. The molecule has 3 heteroatoms. The van der Waals surface area contributed by atoms with Gasteiger partial charge in [-0.1, -0.05) is 30.3 Å². The van der Waals surface area contributed by atoms with Crippen molar-refractivity contribution in [1.29, 1.82) is 0 Å². The third-order valence-electron chi connectivity index (χ3n) is 3.46. The molecule has 2 aromatic carbocycles. The van der Waals surface area contributed by atoms with Crippen LogP contribution in [0.2, 0.25) is 0 Å². The van der Waals surface area contributed by atoms with Crippen LogP contribution in [0.3, 0.4) is 0 Å². The standard InChI is InChI=1S/C17H16O3/c1-11-7-8-13(10-15(11)19-2)17(18)16-9-12-5-3-4-6-14(12)20-16/h3-10,17-18H,1-2H3. The van der Waals surface area contributed by atoms with Gasteiger partial charge in [-0.3, -0.25) is 0 Å². The fraction of sp³-hybridized carbons (Fsp3) is 0.176. The zero-order valence-corrected chi connectivity index (χ0v) is 11.5. The van der Waals surface area contributed by atoms with Gasteiger partial charge in [0, 0.05) is 5.39 Å². The van der Waals surface area contributed by atoms with Crippen LogP contribution in [-0.4, -0.2) is 12.2 Å². The first-order valence-corrected chi connectivity index (χ1v) is 6.50. The molecule has 0 amide bonds. The molecule has 0 aliphatic heterocycles. The van der Waals surface area contributed by atoms with Crippen LogP contribution in [-0.2, 0) is 0 Å². The van der Waals surface area contributed by atoms with Gasteiger partial charge in [-0.2, -0.15) is 0 Å². The fourth-order valence-electron chi connectivity index (χ4n) is 2.31. The van der Waals surface area contributed by atoms with Crippen LogP contribution in [0.5, 0.6) is 5.75 Å². The molecule has 0 spiro atoms. The molecule has 20 heavy (non-hydrogen) atoms. The van der Waals surface area contributed by atoms with Crippen LogP contribution in [0, 0.1) is 6.92 Å². The molecule has 1 atom stereocenters. The second-order valence-corrected chi connectivity index (χ2v) is 4.82. The van der Waals surface area contributed by atoms with E-state index in [1.165, 1.54) is 0 Å². The minimum atomic E-state index is -0.795. The van der Waals surface area contributed by atoms with E-state index in [4.69, 9.17) is 9.15 Å². The molecule has 0 aliphatic rings. The van der Waals surface area contributed by atoms with Crippen LogP contribution in [0.1, 0.15) is 23.0 Å². The summed E-state index contributed by atoms with van der Waals surface area (Å²) in [5.41, 5.74) is 2.57. The van der Waals surface area contributed by atoms with Gasteiger partial charge in [0.25, 0.3) is 0 Å². The van der Waals surface area contributed by atoms with Gasteiger partial charge in [0.15, 0.2) is 0 Å². The summed E-state index contributed by atoms with van der Waals surface area (Å²) in [6.45, 7) is 1.97. The van der Waals surface area contributed by atoms with E-state index in [0.29, 0.717) is 5.76 Å². The Morgan fingerprint density at radius 3 is 2.65 bits per heavy atom. The summed E-state index contributed by atoms with van der Waals surface area (Å²) in [5, 5.41) is 11.4. The molecule has 1 unspecified atom stereocenters. The third-order valence-corrected chi connectivity index (χ3v) is 3.46. The van der Waals surface area contributed by atoms with Gasteiger partial charge in [-0.05, 0) is 36.2 Å². The van der Waals surface area contributed by atoms with Crippen molar-refractivity contribution in [2.45, 2.75) is 13.0 Å². The zero-order valence-electron chi connectivity index (χ0n) is 11.5. The monoisotopic (exact) mass is 268 g/mol. The average Bonchev–Trinajstić information content (AvgIpc) is 2.91. The number of ether oxygens (including phenoxy) is 1. The number of benzene rings is 2. The molecule has 102 valence electrons. The van der Waals surface area contributed by atoms with Crippen molar-refractivity contribution < 1.29 is 14.3 Å². The van der Waals surface area contributed by atoms with Crippen molar-refractivity contribution in [2.24, 2.45) is 0 Å². The molecule has 0 bridgehead atoms. The van der Waals surface area contributed by atoms with Gasteiger partial charge >= 0.3 is 0 Å². The van der Waals surface area contributed by atoms with Gasteiger partial charge in [-0.25, -0.2) is 0 Å². The fourth-order valence-corrected chi connectivity index (χ4v) is 2.31. The zero-order chi connectivity index (χ0) is 14.1. The molecule has 0 aliphatic carbocycles. The highest BCUT2D eigenvalue weighted by molar-refractivity contribution is 5.77. The van der Waals surface area contributed by atoms with Crippen molar-refractivity contribution in [3.05, 3.63) is 65.4 Å². The SMILES string of the molecule is COc1cc(C(O)c2cc3ccccc3o2)ccc1C. The van der Waals surface area contributed by atoms with Crippen molar-refractivity contribution in [3.63, 3.8) is 0 Å². The van der Waals surface area contributed by atoms with Crippen LogP contribution >= 0.6 is 0 Å². The largest absolute Gasteiger partial charge is 0.496 e. The Balaban J connectivity index is 2.01. The van der Waals surface area contributed by atoms with Crippen LogP contribution in [0.4, 0.5) is 0 Å². The summed E-state index contributed by atoms with van der Waals surface area (Å²) in [5.74, 6) is 1.30. The van der Waals surface area contributed by atoms with Gasteiger partial charge in [0.2, 0.25) is 0 Å². The Morgan fingerprint density at radius 2 is 1.90 bits per heavy atom. The van der Waals surface area contributed by atoms with Crippen LogP contribution in [0.25, 0.3) is 11.0 Å². The number of aliphatic hydroxyl groups is 1. The number of methoxy groups -OCH3 is 1.